The molecule has 0 spiro atoms. The SMILES string of the molecule is O=[N+]([O-])c1cc([N+](=O)[O-])c2no[n+]([O-])c2c1-c1c[nH]c2ccc(Cl)cc12. The first-order valence-electron chi connectivity index (χ1n) is 7.00. The van der Waals surface area contributed by atoms with E-state index >= 15 is 0 Å². The van der Waals surface area contributed by atoms with Crippen molar-refractivity contribution >= 4 is 44.9 Å². The summed E-state index contributed by atoms with van der Waals surface area (Å²) in [7, 11) is 0. The zero-order valence-corrected chi connectivity index (χ0v) is 13.3. The first-order chi connectivity index (χ1) is 12.4. The number of rotatable bonds is 3. The Morgan fingerprint density at radius 3 is 2.58 bits per heavy atom. The zero-order valence-electron chi connectivity index (χ0n) is 12.5. The Morgan fingerprint density at radius 1 is 1.15 bits per heavy atom. The quantitative estimate of drug-likeness (QED) is 0.327. The van der Waals surface area contributed by atoms with Gasteiger partial charge in [-0.15, -0.1) is 0 Å². The number of aromatic amines is 1. The number of fused-ring (bicyclic) bond motifs is 2. The number of hydrogen-bond acceptors (Lipinski definition) is 7. The molecular weight excluding hydrogens is 370 g/mol. The van der Waals surface area contributed by atoms with Crippen LogP contribution in [0.3, 0.4) is 0 Å². The van der Waals surface area contributed by atoms with E-state index in [1.54, 1.807) is 18.2 Å². The van der Waals surface area contributed by atoms with E-state index in [9.17, 15) is 25.4 Å². The lowest BCUT2D eigenvalue weighted by molar-refractivity contribution is -0.782. The lowest BCUT2D eigenvalue weighted by Gasteiger charge is -2.03. The van der Waals surface area contributed by atoms with Gasteiger partial charge in [0.2, 0.25) is 5.52 Å². The Hall–Kier alpha value is -3.73. The monoisotopic (exact) mass is 375 g/mol. The Labute approximate surface area is 147 Å². The molecule has 0 atom stereocenters. The van der Waals surface area contributed by atoms with Gasteiger partial charge in [-0.1, -0.05) is 11.6 Å². The molecule has 0 aliphatic carbocycles. The summed E-state index contributed by atoms with van der Waals surface area (Å²) in [5, 5.41) is 39.1. The van der Waals surface area contributed by atoms with Crippen molar-refractivity contribution in [1.82, 2.24) is 10.1 Å². The van der Waals surface area contributed by atoms with Crippen LogP contribution in [0.15, 0.2) is 35.1 Å². The fourth-order valence-corrected chi connectivity index (χ4v) is 3.04. The van der Waals surface area contributed by atoms with Crippen LogP contribution in [0.2, 0.25) is 5.02 Å². The van der Waals surface area contributed by atoms with Crippen LogP contribution in [0.1, 0.15) is 0 Å². The van der Waals surface area contributed by atoms with Crippen molar-refractivity contribution in [3.05, 3.63) is 60.9 Å². The van der Waals surface area contributed by atoms with E-state index in [0.717, 1.165) is 6.07 Å². The Morgan fingerprint density at radius 2 is 1.88 bits per heavy atom. The molecule has 0 saturated heterocycles. The number of nitro benzene ring substituents is 2. The van der Waals surface area contributed by atoms with Crippen LogP contribution >= 0.6 is 11.6 Å². The lowest BCUT2D eigenvalue weighted by atomic mass is 10.0. The van der Waals surface area contributed by atoms with Crippen molar-refractivity contribution in [1.29, 1.82) is 0 Å². The summed E-state index contributed by atoms with van der Waals surface area (Å²) in [6.45, 7) is 0. The predicted molar refractivity (Wildman–Crippen MR) is 88.6 cm³/mol. The van der Waals surface area contributed by atoms with Gasteiger partial charge in [0, 0.05) is 27.7 Å². The topological polar surface area (TPSA) is 155 Å². The summed E-state index contributed by atoms with van der Waals surface area (Å²) in [6, 6.07) is 5.59. The summed E-state index contributed by atoms with van der Waals surface area (Å²) in [5.74, 6) is 0. The second-order valence-corrected chi connectivity index (χ2v) is 5.76. The van der Waals surface area contributed by atoms with E-state index in [0.29, 0.717) is 15.9 Å². The van der Waals surface area contributed by atoms with Crippen LogP contribution < -0.4 is 4.90 Å². The van der Waals surface area contributed by atoms with Crippen molar-refractivity contribution < 1.29 is 19.4 Å². The molecule has 1 N–H and O–H groups in total. The highest BCUT2D eigenvalue weighted by molar-refractivity contribution is 6.31. The number of halogens is 1. The van der Waals surface area contributed by atoms with Crippen LogP contribution in [0.4, 0.5) is 11.4 Å². The van der Waals surface area contributed by atoms with Crippen molar-refractivity contribution in [2.45, 2.75) is 0 Å². The second-order valence-electron chi connectivity index (χ2n) is 5.32. The largest absolute Gasteiger partial charge is 0.361 e. The molecule has 0 fully saturated rings. The summed E-state index contributed by atoms with van der Waals surface area (Å²) < 4.78 is 4.46. The van der Waals surface area contributed by atoms with Gasteiger partial charge in [-0.3, -0.25) is 24.9 Å². The number of H-pyrrole nitrogens is 1. The average molecular weight is 376 g/mol. The minimum atomic E-state index is -0.867. The van der Waals surface area contributed by atoms with Gasteiger partial charge < -0.3 is 10.2 Å². The maximum Gasteiger partial charge on any atom is 0.333 e. The van der Waals surface area contributed by atoms with Gasteiger partial charge in [-0.25, -0.2) is 0 Å². The van der Waals surface area contributed by atoms with E-state index < -0.39 is 26.7 Å². The molecule has 0 amide bonds. The fourth-order valence-electron chi connectivity index (χ4n) is 2.87. The predicted octanol–water partition coefficient (Wildman–Crippen LogP) is 3.08. The molecule has 0 saturated carbocycles. The number of nitrogens with one attached hydrogen (secondary N) is 1. The van der Waals surface area contributed by atoms with Crippen LogP contribution in [0.25, 0.3) is 33.1 Å². The highest BCUT2D eigenvalue weighted by atomic mass is 35.5. The van der Waals surface area contributed by atoms with Gasteiger partial charge >= 0.3 is 11.2 Å². The minimum absolute atomic E-state index is 0.0892. The number of hydrogen-bond donors (Lipinski definition) is 1. The molecule has 2 aromatic heterocycles. The third-order valence-corrected chi connectivity index (χ3v) is 4.16. The van der Waals surface area contributed by atoms with Gasteiger partial charge in [0.25, 0.3) is 5.69 Å². The Kier molecular flexibility index (Phi) is 3.27. The van der Waals surface area contributed by atoms with Crippen LogP contribution in [-0.2, 0) is 0 Å². The van der Waals surface area contributed by atoms with Crippen molar-refractivity contribution in [2.75, 3.05) is 0 Å². The molecular formula is C14H6ClN5O6. The molecule has 2 heterocycles. The molecule has 4 aromatic rings. The van der Waals surface area contributed by atoms with Gasteiger partial charge in [-0.2, -0.15) is 0 Å². The first-order valence-corrected chi connectivity index (χ1v) is 7.38. The second kappa shape index (κ2) is 5.39. The summed E-state index contributed by atoms with van der Waals surface area (Å²) in [6.07, 6.45) is 1.45. The third kappa shape index (κ3) is 2.14. The number of non-ortho nitro benzene ring substituents is 1. The third-order valence-electron chi connectivity index (χ3n) is 3.93. The Bertz CT molecular complexity index is 1230. The van der Waals surface area contributed by atoms with Crippen LogP contribution in [-0.4, -0.2) is 20.0 Å². The standard InChI is InChI=1S/C14H6ClN5O6/c15-6-1-2-9-7(3-6)8(5-16-9)12-10(18(21)22)4-11(19(23)24)13-14(12)20(25)26-17-13/h1-5,16H. The highest BCUT2D eigenvalue weighted by Gasteiger charge is 2.35. The van der Waals surface area contributed by atoms with E-state index in [2.05, 4.69) is 14.8 Å². The highest BCUT2D eigenvalue weighted by Crippen LogP contribution is 2.42. The Balaban J connectivity index is 2.21. The molecule has 130 valence electrons. The first kappa shape index (κ1) is 15.8. The van der Waals surface area contributed by atoms with E-state index in [1.807, 2.05) is 0 Å². The summed E-state index contributed by atoms with van der Waals surface area (Å²) >= 11 is 6.00. The lowest BCUT2D eigenvalue weighted by Crippen LogP contribution is -2.23. The minimum Gasteiger partial charge on any atom is -0.361 e. The van der Waals surface area contributed by atoms with E-state index in [4.69, 9.17) is 11.6 Å². The molecule has 26 heavy (non-hydrogen) atoms. The maximum atomic E-state index is 12.1. The average Bonchev–Trinajstić information content (AvgIpc) is 3.17. The molecule has 2 aromatic carbocycles. The van der Waals surface area contributed by atoms with Crippen LogP contribution in [0, 0.1) is 25.4 Å². The van der Waals surface area contributed by atoms with Crippen molar-refractivity contribution in [3.8, 4) is 11.1 Å². The molecule has 0 unspecified atom stereocenters. The molecule has 0 radical (unpaired) electrons. The van der Waals surface area contributed by atoms with Crippen LogP contribution in [0.5, 0.6) is 0 Å². The maximum absolute atomic E-state index is 12.1. The normalized spacial score (nSPS) is 11.3. The molecule has 0 bridgehead atoms. The van der Waals surface area contributed by atoms with Gasteiger partial charge in [0.1, 0.15) is 5.56 Å². The van der Waals surface area contributed by atoms with E-state index in [-0.39, 0.29) is 21.5 Å². The van der Waals surface area contributed by atoms with Gasteiger partial charge in [-0.05, 0) is 23.1 Å². The molecule has 0 aliphatic rings. The summed E-state index contributed by atoms with van der Waals surface area (Å²) in [5.41, 5.74) is -1.40. The number of aromatic nitrogens is 3. The van der Waals surface area contributed by atoms with Gasteiger partial charge in [0.05, 0.1) is 21.1 Å². The smallest absolute Gasteiger partial charge is 0.333 e. The van der Waals surface area contributed by atoms with Crippen molar-refractivity contribution in [3.63, 3.8) is 0 Å². The number of benzene rings is 2. The van der Waals surface area contributed by atoms with Crippen molar-refractivity contribution in [2.24, 2.45) is 0 Å². The molecule has 11 nitrogen and oxygen atoms in total. The molecule has 0 aliphatic heterocycles. The zero-order chi connectivity index (χ0) is 18.6. The fraction of sp³-hybridized carbons (Fsp3) is 0. The van der Waals surface area contributed by atoms with Gasteiger partial charge in [0.15, 0.2) is 0 Å². The molecule has 12 heteroatoms. The molecule has 4 rings (SSSR count). The number of nitrogens with zero attached hydrogens (tertiary/aromatic N) is 4. The summed E-state index contributed by atoms with van der Waals surface area (Å²) in [4.78, 5) is 23.9. The number of nitro groups is 2. The van der Waals surface area contributed by atoms with E-state index in [1.165, 1.54) is 6.20 Å².